The van der Waals surface area contributed by atoms with E-state index in [0.29, 0.717) is 23.3 Å². The number of carboxylic acid groups (broad SMARTS) is 1. The second-order valence-electron chi connectivity index (χ2n) is 14.3. The van der Waals surface area contributed by atoms with Crippen molar-refractivity contribution in [2.24, 2.45) is 45.8 Å². The second-order valence-corrected chi connectivity index (χ2v) is 14.3. The summed E-state index contributed by atoms with van der Waals surface area (Å²) >= 11 is 0. The highest BCUT2D eigenvalue weighted by Gasteiger charge is 2.66. The van der Waals surface area contributed by atoms with Gasteiger partial charge in [-0.15, -0.1) is 0 Å². The van der Waals surface area contributed by atoms with Crippen molar-refractivity contribution in [3.8, 4) is 0 Å². The van der Waals surface area contributed by atoms with Crippen molar-refractivity contribution in [1.82, 2.24) is 0 Å². The van der Waals surface area contributed by atoms with Gasteiger partial charge in [0.25, 0.3) is 0 Å². The first-order valence-electron chi connectivity index (χ1n) is 14.6. The maximum absolute atomic E-state index is 12.2. The molecule has 5 heteroatoms. The number of carboxylic acids is 1. The number of ether oxygens (including phenoxy) is 1. The SMILES string of the molecule is CC(=O)O[C@@H]1CC[C@]2(C)[C@H]3CC4[C@@](C)(CC[C@H]([C@H](C)CC/C=C(/C)C(=O)O)[C@]4(C)O)C3=CC[C@H]2C1(C)C. The maximum atomic E-state index is 12.2. The number of hydrogen-bond donors (Lipinski definition) is 2. The summed E-state index contributed by atoms with van der Waals surface area (Å²) in [6.07, 6.45) is 12.1. The standard InChI is InChI=1S/C32H50O5/c1-19(10-9-11-20(2)28(34)35)22-14-16-30(6)23-12-13-25-29(4,5)27(37-21(3)33)15-17-31(25,7)24(23)18-26(30)32(22,8)36/h11-12,19,22,24-27,36H,9-10,13-18H2,1-8H3,(H,34,35)/b20-11-/t19-,22-,24+,25+,26?,27-,30+,31-,32+/m1/s1. The van der Waals surface area contributed by atoms with E-state index >= 15 is 0 Å². The van der Waals surface area contributed by atoms with Gasteiger partial charge in [-0.1, -0.05) is 52.3 Å². The highest BCUT2D eigenvalue weighted by atomic mass is 16.5. The summed E-state index contributed by atoms with van der Waals surface area (Å²) in [5.74, 6) is 0.628. The van der Waals surface area contributed by atoms with Gasteiger partial charge < -0.3 is 14.9 Å². The Morgan fingerprint density at radius 2 is 1.78 bits per heavy atom. The Bertz CT molecular complexity index is 989. The summed E-state index contributed by atoms with van der Waals surface area (Å²) in [7, 11) is 0. The molecule has 1 unspecified atom stereocenters. The van der Waals surface area contributed by atoms with Gasteiger partial charge in [0, 0.05) is 17.9 Å². The fourth-order valence-electron chi connectivity index (χ4n) is 9.85. The van der Waals surface area contributed by atoms with E-state index < -0.39 is 11.6 Å². The summed E-state index contributed by atoms with van der Waals surface area (Å²) < 4.78 is 5.82. The molecule has 0 aliphatic heterocycles. The summed E-state index contributed by atoms with van der Waals surface area (Å²) in [4.78, 5) is 23.0. The fraction of sp³-hybridized carbons (Fsp3) is 0.812. The van der Waals surface area contributed by atoms with Crippen LogP contribution in [0.25, 0.3) is 0 Å². The molecule has 3 fully saturated rings. The van der Waals surface area contributed by atoms with E-state index in [0.717, 1.165) is 51.4 Å². The first-order chi connectivity index (χ1) is 17.1. The van der Waals surface area contributed by atoms with Gasteiger partial charge in [-0.2, -0.15) is 0 Å². The third-order valence-corrected chi connectivity index (χ3v) is 11.9. The smallest absolute Gasteiger partial charge is 0.330 e. The number of aliphatic hydroxyl groups is 1. The first-order valence-corrected chi connectivity index (χ1v) is 14.6. The fourth-order valence-corrected chi connectivity index (χ4v) is 9.85. The van der Waals surface area contributed by atoms with Gasteiger partial charge in [-0.05, 0) is 106 Å². The topological polar surface area (TPSA) is 83.8 Å². The second kappa shape index (κ2) is 9.54. The molecule has 4 rings (SSSR count). The van der Waals surface area contributed by atoms with E-state index in [2.05, 4.69) is 47.6 Å². The molecule has 4 aliphatic carbocycles. The Hall–Kier alpha value is -1.62. The minimum absolute atomic E-state index is 0.0229. The molecule has 4 aliphatic rings. The molecule has 37 heavy (non-hydrogen) atoms. The molecule has 9 atom stereocenters. The van der Waals surface area contributed by atoms with Crippen LogP contribution < -0.4 is 0 Å². The van der Waals surface area contributed by atoms with E-state index in [9.17, 15) is 14.7 Å². The lowest BCUT2D eigenvalue weighted by Gasteiger charge is -2.59. The van der Waals surface area contributed by atoms with Gasteiger partial charge in [0.1, 0.15) is 6.10 Å². The average Bonchev–Trinajstić information content (AvgIpc) is 3.10. The molecule has 0 aromatic rings. The Labute approximate surface area is 224 Å². The van der Waals surface area contributed by atoms with Gasteiger partial charge in [0.05, 0.1) is 5.60 Å². The highest BCUT2D eigenvalue weighted by molar-refractivity contribution is 5.85. The molecular formula is C32H50O5. The molecule has 3 saturated carbocycles. The largest absolute Gasteiger partial charge is 0.478 e. The van der Waals surface area contributed by atoms with Gasteiger partial charge in [0.15, 0.2) is 0 Å². The van der Waals surface area contributed by atoms with Crippen LogP contribution >= 0.6 is 0 Å². The lowest BCUT2D eigenvalue weighted by Crippen LogP contribution is -2.55. The number of carbonyl (C=O) groups is 2. The highest BCUT2D eigenvalue weighted by Crippen LogP contribution is 2.71. The molecule has 5 nitrogen and oxygen atoms in total. The van der Waals surface area contributed by atoms with E-state index in [-0.39, 0.29) is 40.2 Å². The number of hydrogen-bond acceptors (Lipinski definition) is 4. The lowest BCUT2D eigenvalue weighted by molar-refractivity contribution is -0.172. The summed E-state index contributed by atoms with van der Waals surface area (Å²) in [6.45, 7) is 17.0. The first kappa shape index (κ1) is 28.4. The monoisotopic (exact) mass is 514 g/mol. The molecule has 0 radical (unpaired) electrons. The van der Waals surface area contributed by atoms with Crippen LogP contribution in [0.2, 0.25) is 0 Å². The number of fused-ring (bicyclic) bond motifs is 5. The quantitative estimate of drug-likeness (QED) is 0.228. The van der Waals surface area contributed by atoms with E-state index in [1.54, 1.807) is 12.5 Å². The molecule has 0 amide bonds. The van der Waals surface area contributed by atoms with E-state index in [4.69, 9.17) is 9.84 Å². The minimum Gasteiger partial charge on any atom is -0.478 e. The Morgan fingerprint density at radius 3 is 2.41 bits per heavy atom. The number of aliphatic carboxylic acids is 1. The van der Waals surface area contributed by atoms with Crippen molar-refractivity contribution in [2.45, 2.75) is 118 Å². The molecule has 0 saturated heterocycles. The summed E-state index contributed by atoms with van der Waals surface area (Å²) in [5.41, 5.74) is 1.31. The van der Waals surface area contributed by atoms with Crippen molar-refractivity contribution in [1.29, 1.82) is 0 Å². The number of allylic oxidation sites excluding steroid dienone is 3. The predicted octanol–water partition coefficient (Wildman–Crippen LogP) is 6.94. The van der Waals surface area contributed by atoms with Crippen molar-refractivity contribution in [3.05, 3.63) is 23.3 Å². The zero-order chi connectivity index (χ0) is 27.6. The summed E-state index contributed by atoms with van der Waals surface area (Å²) in [5, 5.41) is 21.4. The Balaban J connectivity index is 1.57. The number of carbonyl (C=O) groups excluding carboxylic acids is 1. The van der Waals surface area contributed by atoms with Crippen LogP contribution in [-0.2, 0) is 14.3 Å². The maximum Gasteiger partial charge on any atom is 0.330 e. The van der Waals surface area contributed by atoms with Gasteiger partial charge >= 0.3 is 11.9 Å². The average molecular weight is 515 g/mol. The predicted molar refractivity (Wildman–Crippen MR) is 146 cm³/mol. The zero-order valence-corrected chi connectivity index (χ0v) is 24.4. The Kier molecular flexibility index (Phi) is 7.32. The molecule has 0 heterocycles. The van der Waals surface area contributed by atoms with Crippen LogP contribution in [-0.4, -0.2) is 33.9 Å². The molecule has 0 aromatic carbocycles. The number of rotatable bonds is 6. The van der Waals surface area contributed by atoms with Crippen molar-refractivity contribution in [3.63, 3.8) is 0 Å². The molecule has 208 valence electrons. The zero-order valence-electron chi connectivity index (χ0n) is 24.4. The lowest BCUT2D eigenvalue weighted by atomic mass is 9.47. The van der Waals surface area contributed by atoms with Crippen LogP contribution in [0.4, 0.5) is 0 Å². The van der Waals surface area contributed by atoms with E-state index in [1.165, 1.54) is 6.92 Å². The van der Waals surface area contributed by atoms with Crippen LogP contribution in [0.3, 0.4) is 0 Å². The van der Waals surface area contributed by atoms with Gasteiger partial charge in [-0.25, -0.2) is 4.79 Å². The van der Waals surface area contributed by atoms with Crippen molar-refractivity contribution < 1.29 is 24.5 Å². The van der Waals surface area contributed by atoms with Gasteiger partial charge in [-0.3, -0.25) is 4.79 Å². The van der Waals surface area contributed by atoms with Crippen molar-refractivity contribution in [2.75, 3.05) is 0 Å². The molecular weight excluding hydrogens is 464 g/mol. The minimum atomic E-state index is -0.855. The van der Waals surface area contributed by atoms with Crippen LogP contribution in [0.15, 0.2) is 23.3 Å². The molecule has 0 aromatic heterocycles. The molecule has 0 bridgehead atoms. The summed E-state index contributed by atoms with van der Waals surface area (Å²) in [6, 6.07) is 0. The van der Waals surface area contributed by atoms with Crippen LogP contribution in [0.5, 0.6) is 0 Å². The van der Waals surface area contributed by atoms with E-state index in [1.807, 2.05) is 6.08 Å². The Morgan fingerprint density at radius 1 is 1.11 bits per heavy atom. The van der Waals surface area contributed by atoms with Gasteiger partial charge in [0.2, 0.25) is 0 Å². The third kappa shape index (κ3) is 4.51. The van der Waals surface area contributed by atoms with Crippen molar-refractivity contribution >= 4 is 11.9 Å². The van der Waals surface area contributed by atoms with Crippen LogP contribution in [0, 0.1) is 45.8 Å². The molecule has 0 spiro atoms. The third-order valence-electron chi connectivity index (χ3n) is 11.9. The number of esters is 1. The van der Waals surface area contributed by atoms with Crippen LogP contribution in [0.1, 0.15) is 107 Å². The molecule has 2 N–H and O–H groups in total. The normalized spacial score (nSPS) is 43.6.